The number of anilines is 1. The summed E-state index contributed by atoms with van der Waals surface area (Å²) in [5, 5.41) is 7.44. The minimum Gasteiger partial charge on any atom is -0.382 e. The van der Waals surface area contributed by atoms with E-state index in [2.05, 4.69) is 76.7 Å². The van der Waals surface area contributed by atoms with Crippen LogP contribution < -0.4 is 11.1 Å². The highest BCUT2D eigenvalue weighted by Crippen LogP contribution is 2.37. The van der Waals surface area contributed by atoms with Crippen molar-refractivity contribution in [1.82, 2.24) is 29.9 Å². The minimum atomic E-state index is 0.399. The van der Waals surface area contributed by atoms with Gasteiger partial charge in [0.1, 0.15) is 23.4 Å². The topological polar surface area (TPSA) is 109 Å². The third-order valence-electron chi connectivity index (χ3n) is 6.72. The van der Waals surface area contributed by atoms with Crippen LogP contribution in [-0.4, -0.2) is 44.4 Å². The molecular weight excluding hydrogens is 496 g/mol. The lowest BCUT2D eigenvalue weighted by atomic mass is 9.98. The van der Waals surface area contributed by atoms with Crippen molar-refractivity contribution in [3.05, 3.63) is 60.5 Å². The molecule has 0 bridgehead atoms. The smallest absolute Gasteiger partial charge is 0.153 e. The number of allylic oxidation sites excluding steroid dienone is 3. The van der Waals surface area contributed by atoms with E-state index in [9.17, 15) is 0 Å². The Kier molecular flexibility index (Phi) is 13.7. The zero-order valence-corrected chi connectivity index (χ0v) is 24.0. The number of nitrogen functional groups attached to an aromatic ring is 1. The summed E-state index contributed by atoms with van der Waals surface area (Å²) in [5.41, 5.74) is 11.2. The molecule has 4 N–H and O–H groups in total. The van der Waals surface area contributed by atoms with Gasteiger partial charge in [-0.25, -0.2) is 14.5 Å². The number of aromatic nitrogens is 5. The van der Waals surface area contributed by atoms with Gasteiger partial charge in [-0.2, -0.15) is 5.10 Å². The Morgan fingerprint density at radius 1 is 1.30 bits per heavy atom. The molecule has 0 radical (unpaired) electrons. The maximum Gasteiger partial charge on any atom is 0.153 e. The summed E-state index contributed by atoms with van der Waals surface area (Å²) >= 11 is 0. The van der Waals surface area contributed by atoms with Crippen LogP contribution >= 0.6 is 0 Å². The normalized spacial score (nSPS) is 17.2. The van der Waals surface area contributed by atoms with Gasteiger partial charge < -0.3 is 16.0 Å². The lowest BCUT2D eigenvalue weighted by molar-refractivity contribution is 0.494. The van der Waals surface area contributed by atoms with Gasteiger partial charge >= 0.3 is 0 Å². The molecule has 0 amide bonds. The van der Waals surface area contributed by atoms with E-state index in [0.717, 1.165) is 60.0 Å². The second-order valence-corrected chi connectivity index (χ2v) is 9.47. The van der Waals surface area contributed by atoms with Crippen molar-refractivity contribution in [1.29, 1.82) is 0 Å². The van der Waals surface area contributed by atoms with Crippen LogP contribution in [0.15, 0.2) is 48.4 Å². The summed E-state index contributed by atoms with van der Waals surface area (Å²) in [6, 6.07) is 2.13. The van der Waals surface area contributed by atoms with Gasteiger partial charge in [0.05, 0.1) is 5.69 Å². The summed E-state index contributed by atoms with van der Waals surface area (Å²) < 4.78 is 1.92. The molecule has 2 atom stereocenters. The molecule has 1 unspecified atom stereocenters. The molecule has 0 spiro atoms. The summed E-state index contributed by atoms with van der Waals surface area (Å²) in [6.07, 6.45) is 32.1. The van der Waals surface area contributed by atoms with Gasteiger partial charge in [-0.15, -0.1) is 19.3 Å². The largest absolute Gasteiger partial charge is 0.382 e. The molecule has 3 aromatic heterocycles. The van der Waals surface area contributed by atoms with E-state index in [1.54, 1.807) is 24.6 Å². The molecule has 0 saturated heterocycles. The maximum atomic E-state index is 6.29. The SMILES string of the molecule is C#C.C#C/C=C\N=CCNC.C=C/C=C\c1cc(-c2nc(C3CCC[C@@H](C)CC3)n3ncnc(N)c23)[nH]c1CC. The molecule has 0 aliphatic heterocycles. The number of terminal acetylenes is 2. The van der Waals surface area contributed by atoms with E-state index in [4.69, 9.17) is 17.1 Å². The number of rotatable bonds is 8. The Balaban J connectivity index is 0.000000436. The highest BCUT2D eigenvalue weighted by atomic mass is 15.3. The van der Waals surface area contributed by atoms with Crippen molar-refractivity contribution in [2.24, 2.45) is 10.9 Å². The Bertz CT molecular complexity index is 1360. The van der Waals surface area contributed by atoms with E-state index in [-0.39, 0.29) is 0 Å². The van der Waals surface area contributed by atoms with Gasteiger partial charge in [-0.05, 0) is 43.9 Å². The van der Waals surface area contributed by atoms with Crippen molar-refractivity contribution in [2.45, 2.75) is 58.3 Å². The van der Waals surface area contributed by atoms with E-state index in [1.165, 1.54) is 31.3 Å². The first kappa shape index (κ1) is 31.8. The number of imidazole rings is 1. The number of nitrogens with one attached hydrogen (secondary N) is 2. The molecule has 1 aliphatic rings. The molecule has 4 rings (SSSR count). The number of H-pyrrole nitrogens is 1. The van der Waals surface area contributed by atoms with E-state index in [1.807, 2.05) is 17.6 Å². The second-order valence-electron chi connectivity index (χ2n) is 9.47. The molecule has 3 heterocycles. The third-order valence-corrected chi connectivity index (χ3v) is 6.72. The van der Waals surface area contributed by atoms with Crippen LogP contribution in [0.4, 0.5) is 5.82 Å². The predicted octanol–water partition coefficient (Wildman–Crippen LogP) is 5.82. The van der Waals surface area contributed by atoms with Gasteiger partial charge in [0, 0.05) is 36.6 Å². The number of nitrogens with two attached hydrogens (primary N) is 1. The van der Waals surface area contributed by atoms with Gasteiger partial charge in [-0.1, -0.05) is 63.8 Å². The highest BCUT2D eigenvalue weighted by Gasteiger charge is 2.26. The standard InChI is InChI=1S/C23H30N6.C7H10N2.C2H2/c1-4-6-9-17-13-19(27-18(17)5-2)20-21-22(24)25-14-26-29(21)23(28-20)16-10-7-8-15(3)11-12-16;1-3-4-5-9-7-6-8-2;1-2/h4,6,9,13-16,27H,1,5,7-8,10-12H2,2-3H3,(H2,24,25,26);1,4-5,7-8H,6H2,2H3;1-2H/b9-6-;5-4-,9-7?;/t15-,16?;;/m1../s1. The Labute approximate surface area is 239 Å². The number of nitrogens with zero attached hydrogens (tertiary/aromatic N) is 5. The summed E-state index contributed by atoms with van der Waals surface area (Å²) in [4.78, 5) is 16.7. The predicted molar refractivity (Wildman–Crippen MR) is 169 cm³/mol. The molecule has 3 aromatic rings. The number of aromatic amines is 1. The lowest BCUT2D eigenvalue weighted by Gasteiger charge is -2.12. The van der Waals surface area contributed by atoms with Crippen LogP contribution in [0, 0.1) is 31.1 Å². The maximum absolute atomic E-state index is 6.29. The monoisotopic (exact) mass is 538 g/mol. The first-order valence-electron chi connectivity index (χ1n) is 13.6. The zero-order chi connectivity index (χ0) is 29.3. The fraction of sp³-hybridized carbons (Fsp3) is 0.375. The number of hydrogen-bond donors (Lipinski definition) is 3. The quantitative estimate of drug-likeness (QED) is 0.145. The van der Waals surface area contributed by atoms with Gasteiger partial charge in [0.2, 0.25) is 0 Å². The van der Waals surface area contributed by atoms with Crippen LogP contribution in [0.25, 0.3) is 23.0 Å². The molecule has 40 heavy (non-hydrogen) atoms. The average Bonchev–Trinajstić information content (AvgIpc) is 3.50. The molecule has 1 saturated carbocycles. The van der Waals surface area contributed by atoms with Crippen LogP contribution in [-0.2, 0) is 6.42 Å². The van der Waals surface area contributed by atoms with E-state index < -0.39 is 0 Å². The Hall–Kier alpha value is -4.40. The van der Waals surface area contributed by atoms with Crippen LogP contribution in [0.3, 0.4) is 0 Å². The molecule has 8 heteroatoms. The fourth-order valence-electron chi connectivity index (χ4n) is 4.72. The van der Waals surface area contributed by atoms with Crippen molar-refractivity contribution in [2.75, 3.05) is 19.3 Å². The van der Waals surface area contributed by atoms with Crippen molar-refractivity contribution in [3.63, 3.8) is 0 Å². The molecular formula is C32H42N8. The Morgan fingerprint density at radius 2 is 2.10 bits per heavy atom. The molecule has 0 aromatic carbocycles. The second kappa shape index (κ2) is 17.2. The minimum absolute atomic E-state index is 0.399. The number of aliphatic imine (C=N–C) groups is 1. The number of fused-ring (bicyclic) bond motifs is 1. The van der Waals surface area contributed by atoms with Crippen LogP contribution in [0.2, 0.25) is 0 Å². The van der Waals surface area contributed by atoms with E-state index >= 15 is 0 Å². The first-order chi connectivity index (χ1) is 19.5. The number of hydrogen-bond acceptors (Lipinski definition) is 6. The van der Waals surface area contributed by atoms with Gasteiger partial charge in [0.25, 0.3) is 0 Å². The molecule has 210 valence electrons. The third kappa shape index (κ3) is 8.56. The molecule has 1 fully saturated rings. The van der Waals surface area contributed by atoms with Crippen LogP contribution in [0.5, 0.6) is 0 Å². The fourth-order valence-corrected chi connectivity index (χ4v) is 4.72. The highest BCUT2D eigenvalue weighted by molar-refractivity contribution is 5.84. The lowest BCUT2D eigenvalue weighted by Crippen LogP contribution is -2.07. The first-order valence-corrected chi connectivity index (χ1v) is 13.6. The van der Waals surface area contributed by atoms with E-state index in [0.29, 0.717) is 11.7 Å². The average molecular weight is 539 g/mol. The van der Waals surface area contributed by atoms with Crippen molar-refractivity contribution < 1.29 is 0 Å². The zero-order valence-electron chi connectivity index (χ0n) is 24.0. The van der Waals surface area contributed by atoms with Crippen molar-refractivity contribution in [3.8, 4) is 36.6 Å². The molecule has 1 aliphatic carbocycles. The van der Waals surface area contributed by atoms with Crippen LogP contribution in [0.1, 0.15) is 69.0 Å². The summed E-state index contributed by atoms with van der Waals surface area (Å²) in [7, 11) is 1.86. The summed E-state index contributed by atoms with van der Waals surface area (Å²) in [5.74, 6) is 4.98. The Morgan fingerprint density at radius 3 is 2.80 bits per heavy atom. The number of aryl methyl sites for hydroxylation is 1. The van der Waals surface area contributed by atoms with Crippen molar-refractivity contribution >= 4 is 23.6 Å². The van der Waals surface area contributed by atoms with Gasteiger partial charge in [-0.3, -0.25) is 4.99 Å². The van der Waals surface area contributed by atoms with Gasteiger partial charge in [0.15, 0.2) is 5.82 Å². The summed E-state index contributed by atoms with van der Waals surface area (Å²) in [6.45, 7) is 9.03. The molecule has 8 nitrogen and oxygen atoms in total.